The van der Waals surface area contributed by atoms with Gasteiger partial charge in [-0.1, -0.05) is 25.1 Å². The van der Waals surface area contributed by atoms with Crippen LogP contribution < -0.4 is 14.8 Å². The quantitative estimate of drug-likeness (QED) is 0.628. The molecule has 3 aromatic rings. The minimum atomic E-state index is -0.137. The molecule has 0 atom stereocenters. The standard InChI is InChI=1S/C21H21NO3S/c1-3-15-7-9-18(10-8-15)25-13-16-11-20(26-14-16)21(23)22-17-5-4-6-19(12-17)24-2/h4-12,14H,3,13H2,1-2H3,(H,22,23). The molecule has 0 fully saturated rings. The van der Waals surface area contributed by atoms with Gasteiger partial charge in [-0.25, -0.2) is 0 Å². The third-order valence-corrected chi connectivity index (χ3v) is 4.92. The predicted octanol–water partition coefficient (Wildman–Crippen LogP) is 5.15. The zero-order valence-corrected chi connectivity index (χ0v) is 15.6. The molecule has 0 aliphatic rings. The van der Waals surface area contributed by atoms with E-state index in [-0.39, 0.29) is 5.91 Å². The smallest absolute Gasteiger partial charge is 0.265 e. The van der Waals surface area contributed by atoms with Crippen molar-refractivity contribution in [3.63, 3.8) is 0 Å². The van der Waals surface area contributed by atoms with Gasteiger partial charge in [-0.15, -0.1) is 11.3 Å². The number of anilines is 1. The number of benzene rings is 2. The lowest BCUT2D eigenvalue weighted by molar-refractivity contribution is 0.103. The van der Waals surface area contributed by atoms with Crippen LogP contribution in [0.5, 0.6) is 11.5 Å². The minimum Gasteiger partial charge on any atom is -0.497 e. The first-order valence-corrected chi connectivity index (χ1v) is 9.30. The molecular formula is C21H21NO3S. The Kier molecular flexibility index (Phi) is 5.92. The highest BCUT2D eigenvalue weighted by atomic mass is 32.1. The normalized spacial score (nSPS) is 10.4. The van der Waals surface area contributed by atoms with Gasteiger partial charge in [0, 0.05) is 17.3 Å². The Morgan fingerprint density at radius 2 is 1.85 bits per heavy atom. The Labute approximate surface area is 157 Å². The van der Waals surface area contributed by atoms with Gasteiger partial charge in [0.15, 0.2) is 0 Å². The van der Waals surface area contributed by atoms with Crippen molar-refractivity contribution in [3.05, 3.63) is 76.0 Å². The van der Waals surface area contributed by atoms with Crippen molar-refractivity contribution in [2.45, 2.75) is 20.0 Å². The molecule has 0 unspecified atom stereocenters. The van der Waals surface area contributed by atoms with Crippen molar-refractivity contribution in [2.75, 3.05) is 12.4 Å². The molecule has 4 nitrogen and oxygen atoms in total. The molecule has 1 aromatic heterocycles. The first-order valence-electron chi connectivity index (χ1n) is 8.42. The highest BCUT2D eigenvalue weighted by Gasteiger charge is 2.10. The van der Waals surface area contributed by atoms with Crippen LogP contribution in [0, 0.1) is 0 Å². The molecule has 1 heterocycles. The number of hydrogen-bond donors (Lipinski definition) is 1. The number of methoxy groups -OCH3 is 1. The Hall–Kier alpha value is -2.79. The Bertz CT molecular complexity index is 871. The van der Waals surface area contributed by atoms with Gasteiger partial charge in [-0.2, -0.15) is 0 Å². The fourth-order valence-corrected chi connectivity index (χ4v) is 3.24. The van der Waals surface area contributed by atoms with E-state index in [2.05, 4.69) is 24.4 Å². The van der Waals surface area contributed by atoms with Gasteiger partial charge in [0.05, 0.1) is 12.0 Å². The molecule has 5 heteroatoms. The van der Waals surface area contributed by atoms with Gasteiger partial charge >= 0.3 is 0 Å². The van der Waals surface area contributed by atoms with E-state index in [0.717, 1.165) is 17.7 Å². The van der Waals surface area contributed by atoms with Crippen molar-refractivity contribution in [2.24, 2.45) is 0 Å². The third-order valence-electron chi connectivity index (χ3n) is 3.94. The van der Waals surface area contributed by atoms with Gasteiger partial charge in [-0.05, 0) is 47.7 Å². The molecule has 2 aromatic carbocycles. The summed E-state index contributed by atoms with van der Waals surface area (Å²) in [6.45, 7) is 2.56. The molecule has 0 bridgehead atoms. The number of rotatable bonds is 7. The summed E-state index contributed by atoms with van der Waals surface area (Å²) in [7, 11) is 1.60. The summed E-state index contributed by atoms with van der Waals surface area (Å²) < 4.78 is 11.0. The number of aryl methyl sites for hydroxylation is 1. The topological polar surface area (TPSA) is 47.6 Å². The van der Waals surface area contributed by atoms with Crippen LogP contribution in [0.4, 0.5) is 5.69 Å². The van der Waals surface area contributed by atoms with Crippen LogP contribution in [0.25, 0.3) is 0 Å². The van der Waals surface area contributed by atoms with Crippen molar-refractivity contribution in [1.29, 1.82) is 0 Å². The molecule has 0 saturated carbocycles. The molecule has 0 saturated heterocycles. The van der Waals surface area contributed by atoms with Gasteiger partial charge in [-0.3, -0.25) is 4.79 Å². The highest BCUT2D eigenvalue weighted by Crippen LogP contribution is 2.21. The number of carbonyl (C=O) groups is 1. The summed E-state index contributed by atoms with van der Waals surface area (Å²) in [5.74, 6) is 1.40. The second-order valence-electron chi connectivity index (χ2n) is 5.79. The second kappa shape index (κ2) is 8.54. The third kappa shape index (κ3) is 4.64. The lowest BCUT2D eigenvalue weighted by Gasteiger charge is -2.06. The van der Waals surface area contributed by atoms with Crippen LogP contribution in [-0.2, 0) is 13.0 Å². The highest BCUT2D eigenvalue weighted by molar-refractivity contribution is 7.12. The van der Waals surface area contributed by atoms with Crippen molar-refractivity contribution >= 4 is 22.9 Å². The maximum atomic E-state index is 12.4. The lowest BCUT2D eigenvalue weighted by Crippen LogP contribution is -2.10. The van der Waals surface area contributed by atoms with E-state index in [1.54, 1.807) is 13.2 Å². The lowest BCUT2D eigenvalue weighted by atomic mass is 10.2. The van der Waals surface area contributed by atoms with E-state index in [0.29, 0.717) is 22.9 Å². The molecule has 1 amide bonds. The maximum absolute atomic E-state index is 12.4. The monoisotopic (exact) mass is 367 g/mol. The molecule has 26 heavy (non-hydrogen) atoms. The maximum Gasteiger partial charge on any atom is 0.265 e. The van der Waals surface area contributed by atoms with E-state index >= 15 is 0 Å². The summed E-state index contributed by atoms with van der Waals surface area (Å²) >= 11 is 1.40. The van der Waals surface area contributed by atoms with Gasteiger partial charge in [0.1, 0.15) is 18.1 Å². The zero-order valence-electron chi connectivity index (χ0n) is 14.8. The number of ether oxygens (including phenoxy) is 2. The van der Waals surface area contributed by atoms with Crippen LogP contribution in [0.1, 0.15) is 27.7 Å². The number of nitrogens with one attached hydrogen (secondary N) is 1. The summed E-state index contributed by atoms with van der Waals surface area (Å²) in [4.78, 5) is 13.0. The number of carbonyl (C=O) groups excluding carboxylic acids is 1. The number of amides is 1. The average molecular weight is 367 g/mol. The molecule has 0 aliphatic carbocycles. The molecule has 0 radical (unpaired) electrons. The van der Waals surface area contributed by atoms with Gasteiger partial charge in [0.2, 0.25) is 0 Å². The molecule has 0 aliphatic heterocycles. The van der Waals surface area contributed by atoms with Gasteiger partial charge < -0.3 is 14.8 Å². The minimum absolute atomic E-state index is 0.137. The molecule has 0 spiro atoms. The predicted molar refractivity (Wildman–Crippen MR) is 105 cm³/mol. The summed E-state index contributed by atoms with van der Waals surface area (Å²) in [5, 5.41) is 4.83. The molecule has 1 N–H and O–H groups in total. The van der Waals surface area contributed by atoms with Crippen LogP contribution in [-0.4, -0.2) is 13.0 Å². The molecule has 134 valence electrons. The van der Waals surface area contributed by atoms with Crippen LogP contribution in [0.2, 0.25) is 0 Å². The summed E-state index contributed by atoms with van der Waals surface area (Å²) in [6, 6.07) is 17.2. The van der Waals surface area contributed by atoms with Gasteiger partial charge in [0.25, 0.3) is 5.91 Å². The zero-order chi connectivity index (χ0) is 18.4. The molecular weight excluding hydrogens is 346 g/mol. The number of thiophene rings is 1. The van der Waals surface area contributed by atoms with Crippen molar-refractivity contribution in [3.8, 4) is 11.5 Å². The largest absolute Gasteiger partial charge is 0.497 e. The van der Waals surface area contributed by atoms with E-state index in [1.165, 1.54) is 16.9 Å². The summed E-state index contributed by atoms with van der Waals surface area (Å²) in [5.41, 5.74) is 2.96. The Balaban J connectivity index is 1.58. The van der Waals surface area contributed by atoms with E-state index in [4.69, 9.17) is 9.47 Å². The number of hydrogen-bond acceptors (Lipinski definition) is 4. The fourth-order valence-electron chi connectivity index (χ4n) is 2.45. The molecule has 3 rings (SSSR count). The van der Waals surface area contributed by atoms with Crippen molar-refractivity contribution < 1.29 is 14.3 Å². The van der Waals surface area contributed by atoms with E-state index in [1.807, 2.05) is 41.8 Å². The first-order chi connectivity index (χ1) is 12.7. The fraction of sp³-hybridized carbons (Fsp3) is 0.190. The Morgan fingerprint density at radius 1 is 1.04 bits per heavy atom. The Morgan fingerprint density at radius 3 is 2.58 bits per heavy atom. The van der Waals surface area contributed by atoms with E-state index in [9.17, 15) is 4.79 Å². The summed E-state index contributed by atoms with van der Waals surface area (Å²) in [6.07, 6.45) is 1.01. The first kappa shape index (κ1) is 18.0. The van der Waals surface area contributed by atoms with E-state index < -0.39 is 0 Å². The van der Waals surface area contributed by atoms with Crippen LogP contribution >= 0.6 is 11.3 Å². The van der Waals surface area contributed by atoms with Crippen LogP contribution in [0.3, 0.4) is 0 Å². The van der Waals surface area contributed by atoms with Crippen LogP contribution in [0.15, 0.2) is 60.0 Å². The second-order valence-corrected chi connectivity index (χ2v) is 6.70. The SMILES string of the molecule is CCc1ccc(OCc2csc(C(=O)Nc3cccc(OC)c3)c2)cc1. The van der Waals surface area contributed by atoms with Crippen molar-refractivity contribution in [1.82, 2.24) is 0 Å². The average Bonchev–Trinajstić information content (AvgIpc) is 3.16.